The van der Waals surface area contributed by atoms with Gasteiger partial charge in [-0.25, -0.2) is 0 Å². The highest BCUT2D eigenvalue weighted by Gasteiger charge is 2.10. The molecule has 0 saturated carbocycles. The molecule has 0 aromatic carbocycles. The molecule has 0 fully saturated rings. The Balaban J connectivity index is 2.39. The van der Waals surface area contributed by atoms with Crippen LogP contribution in [0.4, 0.5) is 0 Å². The highest BCUT2D eigenvalue weighted by Crippen LogP contribution is 2.17. The number of thioether (sulfide) groups is 1. The van der Waals surface area contributed by atoms with Gasteiger partial charge in [-0.1, -0.05) is 6.92 Å². The smallest absolute Gasteiger partial charge is 0.105 e. The molecule has 0 bridgehead atoms. The molecule has 0 amide bonds. The molecule has 13 heavy (non-hydrogen) atoms. The summed E-state index contributed by atoms with van der Waals surface area (Å²) in [6.07, 6.45) is 2.48. The molecule has 1 rings (SSSR count). The minimum Gasteiger partial charge on any atom is -0.386 e. The van der Waals surface area contributed by atoms with Crippen molar-refractivity contribution in [1.29, 1.82) is 0 Å². The maximum atomic E-state index is 9.74. The molecule has 0 spiro atoms. The van der Waals surface area contributed by atoms with Gasteiger partial charge in [0.15, 0.2) is 0 Å². The second-order valence-electron chi connectivity index (χ2n) is 2.97. The number of nitrogens with zero attached hydrogens (tertiary/aromatic N) is 2. The highest BCUT2D eigenvalue weighted by molar-refractivity contribution is 7.99. The summed E-state index contributed by atoms with van der Waals surface area (Å²) >= 11 is 1.78. The van der Waals surface area contributed by atoms with Crippen LogP contribution in [0.2, 0.25) is 0 Å². The van der Waals surface area contributed by atoms with Gasteiger partial charge in [0.2, 0.25) is 0 Å². The van der Waals surface area contributed by atoms with Crippen LogP contribution in [0.25, 0.3) is 0 Å². The van der Waals surface area contributed by atoms with Gasteiger partial charge < -0.3 is 5.11 Å². The first kappa shape index (κ1) is 10.6. The minimum absolute atomic E-state index is 0.385. The van der Waals surface area contributed by atoms with Crippen molar-refractivity contribution in [3.63, 3.8) is 0 Å². The lowest BCUT2D eigenvalue weighted by Crippen LogP contribution is -2.07. The predicted octanol–water partition coefficient (Wildman–Crippen LogP) is 1.60. The van der Waals surface area contributed by atoms with Crippen molar-refractivity contribution in [3.05, 3.63) is 18.0 Å². The van der Waals surface area contributed by atoms with E-state index in [2.05, 4.69) is 12.0 Å². The largest absolute Gasteiger partial charge is 0.386 e. The number of rotatable bonds is 5. The zero-order chi connectivity index (χ0) is 9.68. The summed E-state index contributed by atoms with van der Waals surface area (Å²) in [4.78, 5) is 0. The molecule has 0 radical (unpaired) electrons. The molecule has 1 heterocycles. The minimum atomic E-state index is -0.385. The number of aliphatic hydroxyl groups excluding tert-OH is 1. The molecular formula is C9H16N2OS. The summed E-state index contributed by atoms with van der Waals surface area (Å²) in [5.74, 6) is 1.86. The molecular weight excluding hydrogens is 184 g/mol. The van der Waals surface area contributed by atoms with E-state index in [1.807, 2.05) is 13.1 Å². The van der Waals surface area contributed by atoms with Crippen LogP contribution in [0.1, 0.15) is 25.1 Å². The average Bonchev–Trinajstić information content (AvgIpc) is 2.52. The molecule has 0 aliphatic rings. The second-order valence-corrected chi connectivity index (χ2v) is 4.12. The Labute approximate surface area is 83.1 Å². The standard InChI is InChI=1S/C9H16N2OS/c1-3-6-13-7-9(12)8-4-5-10-11(8)2/h4-5,9,12H,3,6-7H2,1-2H3. The summed E-state index contributed by atoms with van der Waals surface area (Å²) in [5.41, 5.74) is 0.892. The van der Waals surface area contributed by atoms with Gasteiger partial charge >= 0.3 is 0 Å². The molecule has 0 aliphatic heterocycles. The van der Waals surface area contributed by atoms with E-state index < -0.39 is 0 Å². The fourth-order valence-corrected chi connectivity index (χ4v) is 1.99. The Kier molecular flexibility index (Phi) is 4.32. The molecule has 1 N–H and O–H groups in total. The lowest BCUT2D eigenvalue weighted by molar-refractivity contribution is 0.194. The van der Waals surface area contributed by atoms with Crippen LogP contribution in [0, 0.1) is 0 Å². The summed E-state index contributed by atoms with van der Waals surface area (Å²) in [7, 11) is 1.85. The van der Waals surface area contributed by atoms with Crippen molar-refractivity contribution >= 4 is 11.8 Å². The van der Waals surface area contributed by atoms with Crippen LogP contribution in [0.3, 0.4) is 0 Å². The first-order valence-corrected chi connectivity index (χ1v) is 5.65. The number of hydrogen-bond acceptors (Lipinski definition) is 3. The van der Waals surface area contributed by atoms with Crippen LogP contribution < -0.4 is 0 Å². The van der Waals surface area contributed by atoms with Gasteiger partial charge in [-0.2, -0.15) is 16.9 Å². The zero-order valence-corrected chi connectivity index (χ0v) is 8.92. The van der Waals surface area contributed by atoms with Gasteiger partial charge in [-0.05, 0) is 18.2 Å². The Bertz CT molecular complexity index is 250. The SMILES string of the molecule is CCCSCC(O)c1ccnn1C. The first-order valence-electron chi connectivity index (χ1n) is 4.49. The zero-order valence-electron chi connectivity index (χ0n) is 8.10. The summed E-state index contributed by atoms with van der Waals surface area (Å²) < 4.78 is 1.72. The second kappa shape index (κ2) is 5.29. The molecule has 4 heteroatoms. The lowest BCUT2D eigenvalue weighted by atomic mass is 10.3. The van der Waals surface area contributed by atoms with E-state index in [0.717, 1.165) is 23.6 Å². The van der Waals surface area contributed by atoms with E-state index in [9.17, 15) is 5.11 Å². The number of aryl methyl sites for hydroxylation is 1. The van der Waals surface area contributed by atoms with Crippen molar-refractivity contribution in [3.8, 4) is 0 Å². The maximum absolute atomic E-state index is 9.74. The van der Waals surface area contributed by atoms with Crippen LogP contribution in [-0.2, 0) is 7.05 Å². The predicted molar refractivity (Wildman–Crippen MR) is 55.8 cm³/mol. The van der Waals surface area contributed by atoms with Gasteiger partial charge in [0.1, 0.15) is 6.10 Å². The van der Waals surface area contributed by atoms with E-state index in [1.54, 1.807) is 22.6 Å². The molecule has 0 saturated heterocycles. The highest BCUT2D eigenvalue weighted by atomic mass is 32.2. The van der Waals surface area contributed by atoms with Crippen LogP contribution in [-0.4, -0.2) is 26.4 Å². The maximum Gasteiger partial charge on any atom is 0.105 e. The van der Waals surface area contributed by atoms with Crippen molar-refractivity contribution in [2.45, 2.75) is 19.4 Å². The van der Waals surface area contributed by atoms with Gasteiger partial charge in [0.05, 0.1) is 5.69 Å². The Hall–Kier alpha value is -0.480. The molecule has 1 aromatic heterocycles. The molecule has 74 valence electrons. The Morgan fingerprint density at radius 1 is 1.69 bits per heavy atom. The van der Waals surface area contributed by atoms with E-state index in [0.29, 0.717) is 0 Å². The summed E-state index contributed by atoms with van der Waals surface area (Å²) in [6.45, 7) is 2.14. The fourth-order valence-electron chi connectivity index (χ4n) is 1.14. The lowest BCUT2D eigenvalue weighted by Gasteiger charge is -2.09. The van der Waals surface area contributed by atoms with Crippen molar-refractivity contribution in [2.75, 3.05) is 11.5 Å². The average molecular weight is 200 g/mol. The van der Waals surface area contributed by atoms with Crippen molar-refractivity contribution in [2.24, 2.45) is 7.05 Å². The number of hydrogen-bond donors (Lipinski definition) is 1. The Morgan fingerprint density at radius 3 is 3.00 bits per heavy atom. The van der Waals surface area contributed by atoms with E-state index in [-0.39, 0.29) is 6.10 Å². The fraction of sp³-hybridized carbons (Fsp3) is 0.667. The van der Waals surface area contributed by atoms with Gasteiger partial charge in [-0.3, -0.25) is 4.68 Å². The van der Waals surface area contributed by atoms with E-state index in [4.69, 9.17) is 0 Å². The normalized spacial score (nSPS) is 13.2. The van der Waals surface area contributed by atoms with Crippen molar-refractivity contribution < 1.29 is 5.11 Å². The third kappa shape index (κ3) is 3.04. The van der Waals surface area contributed by atoms with E-state index in [1.165, 1.54) is 0 Å². The van der Waals surface area contributed by atoms with Gasteiger partial charge in [-0.15, -0.1) is 0 Å². The molecule has 1 aromatic rings. The number of aliphatic hydroxyl groups is 1. The van der Waals surface area contributed by atoms with Crippen LogP contribution in [0.15, 0.2) is 12.3 Å². The van der Waals surface area contributed by atoms with Crippen LogP contribution in [0.5, 0.6) is 0 Å². The van der Waals surface area contributed by atoms with Crippen LogP contribution >= 0.6 is 11.8 Å². The third-order valence-corrected chi connectivity index (χ3v) is 3.07. The molecule has 3 nitrogen and oxygen atoms in total. The molecule has 1 atom stereocenters. The third-order valence-electron chi connectivity index (χ3n) is 1.82. The number of aromatic nitrogens is 2. The molecule has 0 aliphatic carbocycles. The molecule has 1 unspecified atom stereocenters. The Morgan fingerprint density at radius 2 is 2.46 bits per heavy atom. The van der Waals surface area contributed by atoms with E-state index >= 15 is 0 Å². The topological polar surface area (TPSA) is 38.1 Å². The summed E-state index contributed by atoms with van der Waals surface area (Å²) in [5, 5.41) is 13.7. The van der Waals surface area contributed by atoms with Gasteiger partial charge in [0, 0.05) is 19.0 Å². The summed E-state index contributed by atoms with van der Waals surface area (Å²) in [6, 6.07) is 1.86. The van der Waals surface area contributed by atoms with Gasteiger partial charge in [0.25, 0.3) is 0 Å². The first-order chi connectivity index (χ1) is 6.25. The monoisotopic (exact) mass is 200 g/mol. The van der Waals surface area contributed by atoms with Crippen molar-refractivity contribution in [1.82, 2.24) is 9.78 Å². The quantitative estimate of drug-likeness (QED) is 0.734.